The lowest BCUT2D eigenvalue weighted by molar-refractivity contribution is -0.529. The molecule has 0 aromatic carbocycles. The van der Waals surface area contributed by atoms with E-state index in [0.717, 1.165) is 19.6 Å². The Morgan fingerprint density at radius 2 is 2.28 bits per heavy atom. The van der Waals surface area contributed by atoms with Crippen LogP contribution in [0.3, 0.4) is 0 Å². The predicted octanol–water partition coefficient (Wildman–Crippen LogP) is -0.114. The highest BCUT2D eigenvalue weighted by atomic mass is 16.6. The van der Waals surface area contributed by atoms with Gasteiger partial charge in [-0.1, -0.05) is 0 Å². The van der Waals surface area contributed by atoms with Crippen molar-refractivity contribution in [2.45, 2.75) is 31.6 Å². The minimum Gasteiger partial charge on any atom is -0.379 e. The van der Waals surface area contributed by atoms with E-state index in [1.54, 1.807) is 0 Å². The molecular weight excluding hydrogens is 230 g/mol. The predicted molar refractivity (Wildman–Crippen MR) is 71.1 cm³/mol. The summed E-state index contributed by atoms with van der Waals surface area (Å²) in [6.07, 6.45) is 6.02. The van der Waals surface area contributed by atoms with E-state index >= 15 is 0 Å². The molecular formula is C13H26N3O2+. The van der Waals surface area contributed by atoms with Crippen LogP contribution in [0, 0.1) is 0 Å². The first-order valence-electron chi connectivity index (χ1n) is 7.00. The van der Waals surface area contributed by atoms with Crippen molar-refractivity contribution in [2.24, 2.45) is 5.73 Å². The highest BCUT2D eigenvalue weighted by Crippen LogP contribution is 2.16. The summed E-state index contributed by atoms with van der Waals surface area (Å²) in [5, 5.41) is 0. The molecule has 104 valence electrons. The van der Waals surface area contributed by atoms with Gasteiger partial charge < -0.3 is 15.2 Å². The number of nitrogens with zero attached hydrogens (tertiary/aromatic N) is 2. The number of ether oxygens (including phenoxy) is 2. The Kier molecular flexibility index (Phi) is 5.56. The molecule has 2 aliphatic heterocycles. The first kappa shape index (κ1) is 13.9. The SMILES string of the molecule is CN1CC=[N+](CCCCCOCC2O[C@@H]2N)CC1. The van der Waals surface area contributed by atoms with Gasteiger partial charge in [-0.3, -0.25) is 4.90 Å². The molecule has 1 unspecified atom stereocenters. The van der Waals surface area contributed by atoms with E-state index in [0.29, 0.717) is 6.61 Å². The van der Waals surface area contributed by atoms with Gasteiger partial charge >= 0.3 is 0 Å². The number of unbranched alkanes of at least 4 members (excludes halogenated alkanes) is 2. The number of hydrogen-bond acceptors (Lipinski definition) is 4. The number of epoxide rings is 1. The fraction of sp³-hybridized carbons (Fsp3) is 0.923. The van der Waals surface area contributed by atoms with Gasteiger partial charge in [0.1, 0.15) is 18.9 Å². The third-order valence-corrected chi connectivity index (χ3v) is 3.56. The monoisotopic (exact) mass is 256 g/mol. The number of nitrogens with two attached hydrogens (primary N) is 1. The van der Waals surface area contributed by atoms with Gasteiger partial charge in [0, 0.05) is 13.0 Å². The minimum absolute atomic E-state index is 0.0715. The first-order chi connectivity index (χ1) is 8.75. The topological polar surface area (TPSA) is 54.0 Å². The maximum atomic E-state index is 5.51. The Hall–Kier alpha value is -0.490. The Morgan fingerprint density at radius 3 is 2.94 bits per heavy atom. The van der Waals surface area contributed by atoms with Crippen molar-refractivity contribution >= 4 is 6.21 Å². The highest BCUT2D eigenvalue weighted by molar-refractivity contribution is 5.54. The van der Waals surface area contributed by atoms with Gasteiger partial charge in [0.2, 0.25) is 0 Å². The second-order valence-corrected chi connectivity index (χ2v) is 5.26. The molecule has 0 aromatic heterocycles. The summed E-state index contributed by atoms with van der Waals surface area (Å²) in [7, 11) is 2.17. The van der Waals surface area contributed by atoms with E-state index in [9.17, 15) is 0 Å². The fourth-order valence-corrected chi connectivity index (χ4v) is 2.13. The summed E-state index contributed by atoms with van der Waals surface area (Å²) in [5.41, 5.74) is 5.51. The Morgan fingerprint density at radius 1 is 1.44 bits per heavy atom. The third-order valence-electron chi connectivity index (χ3n) is 3.56. The number of hydrogen-bond donors (Lipinski definition) is 1. The van der Waals surface area contributed by atoms with Crippen LogP contribution in [0.25, 0.3) is 0 Å². The van der Waals surface area contributed by atoms with Gasteiger partial charge in [0.15, 0.2) is 12.8 Å². The van der Waals surface area contributed by atoms with Crippen molar-refractivity contribution < 1.29 is 14.0 Å². The Labute approximate surface area is 110 Å². The summed E-state index contributed by atoms with van der Waals surface area (Å²) < 4.78 is 13.0. The van der Waals surface area contributed by atoms with Gasteiger partial charge in [0.05, 0.1) is 19.7 Å². The molecule has 0 radical (unpaired) electrons. The fourth-order valence-electron chi connectivity index (χ4n) is 2.13. The van der Waals surface area contributed by atoms with Gasteiger partial charge in [0.25, 0.3) is 0 Å². The highest BCUT2D eigenvalue weighted by Gasteiger charge is 2.34. The molecule has 0 aliphatic carbocycles. The summed E-state index contributed by atoms with van der Waals surface area (Å²) in [6.45, 7) is 6.12. The Bertz CT molecular complexity index is 283. The molecule has 2 atom stereocenters. The third kappa shape index (κ3) is 5.02. The second kappa shape index (κ2) is 7.19. The van der Waals surface area contributed by atoms with Crippen LogP contribution in [-0.2, 0) is 9.47 Å². The molecule has 0 spiro atoms. The molecule has 2 rings (SSSR count). The van der Waals surface area contributed by atoms with Crippen LogP contribution < -0.4 is 5.73 Å². The lowest BCUT2D eigenvalue weighted by Crippen LogP contribution is -2.37. The number of likely N-dealkylation sites (N-methyl/N-ethyl adjacent to an activating group) is 1. The van der Waals surface area contributed by atoms with Crippen LogP contribution in [0.4, 0.5) is 0 Å². The minimum atomic E-state index is -0.0715. The molecule has 1 fully saturated rings. The zero-order chi connectivity index (χ0) is 12.8. The van der Waals surface area contributed by atoms with E-state index in [4.69, 9.17) is 15.2 Å². The molecule has 2 aliphatic rings. The van der Waals surface area contributed by atoms with E-state index in [1.807, 2.05) is 0 Å². The number of rotatable bonds is 8. The molecule has 0 aromatic rings. The normalized spacial score (nSPS) is 28.2. The van der Waals surface area contributed by atoms with Crippen LogP contribution in [0.1, 0.15) is 19.3 Å². The summed E-state index contributed by atoms with van der Waals surface area (Å²) >= 11 is 0. The van der Waals surface area contributed by atoms with Gasteiger partial charge in [-0.2, -0.15) is 0 Å². The molecule has 0 amide bonds. The summed E-state index contributed by atoms with van der Waals surface area (Å²) in [4.78, 5) is 2.34. The van der Waals surface area contributed by atoms with Crippen LogP contribution in [0.2, 0.25) is 0 Å². The molecule has 0 saturated carbocycles. The largest absolute Gasteiger partial charge is 0.379 e. The molecule has 5 heteroatoms. The average Bonchev–Trinajstić information content (AvgIpc) is 3.06. The zero-order valence-corrected chi connectivity index (χ0v) is 11.4. The zero-order valence-electron chi connectivity index (χ0n) is 11.4. The van der Waals surface area contributed by atoms with Crippen LogP contribution in [0.5, 0.6) is 0 Å². The molecule has 5 nitrogen and oxygen atoms in total. The molecule has 0 bridgehead atoms. The van der Waals surface area contributed by atoms with Crippen LogP contribution in [-0.4, -0.2) is 74.5 Å². The first-order valence-corrected chi connectivity index (χ1v) is 7.00. The van der Waals surface area contributed by atoms with Gasteiger partial charge in [-0.15, -0.1) is 0 Å². The molecule has 2 N–H and O–H groups in total. The standard InChI is InChI=1S/C13H26N3O2/c1-15-6-8-16(9-7-15)5-3-2-4-10-17-11-12-13(14)18-12/h8,12-13H,2-7,9-11,14H2,1H3/q+1/t12?,13-/m0/s1. The van der Waals surface area contributed by atoms with Crippen molar-refractivity contribution in [1.82, 2.24) is 4.90 Å². The van der Waals surface area contributed by atoms with E-state index < -0.39 is 0 Å². The Balaban J connectivity index is 1.39. The van der Waals surface area contributed by atoms with E-state index in [-0.39, 0.29) is 12.3 Å². The maximum absolute atomic E-state index is 5.51. The van der Waals surface area contributed by atoms with Gasteiger partial charge in [-0.25, -0.2) is 4.58 Å². The molecule has 1 saturated heterocycles. The lowest BCUT2D eigenvalue weighted by Gasteiger charge is -2.17. The van der Waals surface area contributed by atoms with E-state index in [2.05, 4.69) is 22.7 Å². The molecule has 2 heterocycles. The smallest absolute Gasteiger partial charge is 0.155 e. The average molecular weight is 256 g/mol. The van der Waals surface area contributed by atoms with Crippen molar-refractivity contribution in [2.75, 3.05) is 46.4 Å². The van der Waals surface area contributed by atoms with Crippen molar-refractivity contribution in [3.05, 3.63) is 0 Å². The van der Waals surface area contributed by atoms with Crippen LogP contribution >= 0.6 is 0 Å². The summed E-state index contributed by atoms with van der Waals surface area (Å²) in [6, 6.07) is 0. The van der Waals surface area contributed by atoms with E-state index in [1.165, 1.54) is 32.5 Å². The lowest BCUT2D eigenvalue weighted by atomic mass is 10.2. The van der Waals surface area contributed by atoms with Gasteiger partial charge in [-0.05, 0) is 19.9 Å². The van der Waals surface area contributed by atoms with Crippen molar-refractivity contribution in [1.29, 1.82) is 0 Å². The van der Waals surface area contributed by atoms with Crippen LogP contribution in [0.15, 0.2) is 0 Å². The quantitative estimate of drug-likeness (QED) is 0.374. The maximum Gasteiger partial charge on any atom is 0.155 e. The second-order valence-electron chi connectivity index (χ2n) is 5.26. The summed E-state index contributed by atoms with van der Waals surface area (Å²) in [5.74, 6) is 0. The van der Waals surface area contributed by atoms with Crippen molar-refractivity contribution in [3.8, 4) is 0 Å². The molecule has 18 heavy (non-hydrogen) atoms. The van der Waals surface area contributed by atoms with Crippen molar-refractivity contribution in [3.63, 3.8) is 0 Å².